The molecule has 1 fully saturated rings. The third-order valence-corrected chi connectivity index (χ3v) is 12.7. The van der Waals surface area contributed by atoms with Gasteiger partial charge in [0.2, 0.25) is 6.49 Å². The van der Waals surface area contributed by atoms with E-state index in [1.807, 2.05) is 39.3 Å². The van der Waals surface area contributed by atoms with Crippen molar-refractivity contribution in [2.24, 2.45) is 5.92 Å². The summed E-state index contributed by atoms with van der Waals surface area (Å²) in [5.74, 6) is -0.676. The van der Waals surface area contributed by atoms with Crippen molar-refractivity contribution in [1.29, 1.82) is 0 Å². The van der Waals surface area contributed by atoms with E-state index in [-0.39, 0.29) is 0 Å². The second kappa shape index (κ2) is 6.77. The zero-order valence-electron chi connectivity index (χ0n) is 14.0. The lowest BCUT2D eigenvalue weighted by molar-refractivity contribution is -0.00253. The Kier molecular flexibility index (Phi) is 6.42. The van der Waals surface area contributed by atoms with Crippen LogP contribution in [0.5, 0.6) is 0 Å². The van der Waals surface area contributed by atoms with Gasteiger partial charge in [-0.05, 0) is 63.9 Å². The van der Waals surface area contributed by atoms with Crippen LogP contribution in [0.3, 0.4) is 0 Å². The van der Waals surface area contributed by atoms with E-state index in [0.29, 0.717) is 12.8 Å². The zero-order valence-corrected chi connectivity index (χ0v) is 17.8. The van der Waals surface area contributed by atoms with Gasteiger partial charge in [0.25, 0.3) is 0 Å². The number of alkyl halides is 2. The van der Waals surface area contributed by atoms with Crippen molar-refractivity contribution in [1.82, 2.24) is 0 Å². The molecular weight excluding hydrogens is 345 g/mol. The highest BCUT2D eigenvalue weighted by atomic mass is 32.5. The Labute approximate surface area is 135 Å². The molecule has 1 aliphatic rings. The van der Waals surface area contributed by atoms with Crippen LogP contribution in [-0.2, 0) is 20.2 Å². The Balaban J connectivity index is 3.11. The van der Waals surface area contributed by atoms with Gasteiger partial charge < -0.3 is 8.43 Å². The maximum absolute atomic E-state index is 15.2. The molecule has 2 nitrogen and oxygen atoms in total. The SMILES string of the molecule is C[Si](C)(C)OP(=S)(O[Si](C)(C)C)C(F)(F)C1CCCCC1. The van der Waals surface area contributed by atoms with Crippen LogP contribution >= 0.6 is 6.49 Å². The van der Waals surface area contributed by atoms with Gasteiger partial charge in [-0.3, -0.25) is 0 Å². The van der Waals surface area contributed by atoms with Crippen LogP contribution in [0.4, 0.5) is 8.78 Å². The maximum Gasteiger partial charge on any atom is 0.321 e. The summed E-state index contributed by atoms with van der Waals surface area (Å²) in [6.07, 6.45) is 3.83. The number of halogens is 2. The lowest BCUT2D eigenvalue weighted by atomic mass is 9.89. The molecule has 0 heterocycles. The van der Waals surface area contributed by atoms with E-state index in [9.17, 15) is 0 Å². The fourth-order valence-corrected chi connectivity index (χ4v) is 14.9. The smallest absolute Gasteiger partial charge is 0.321 e. The van der Waals surface area contributed by atoms with Gasteiger partial charge in [0, 0.05) is 5.92 Å². The molecular formula is C13H29F2O2PSSi2. The summed E-state index contributed by atoms with van der Waals surface area (Å²) in [7, 11) is -4.41. The van der Waals surface area contributed by atoms with Gasteiger partial charge in [-0.15, -0.1) is 0 Å². The van der Waals surface area contributed by atoms with Crippen molar-refractivity contribution in [3.8, 4) is 0 Å². The fourth-order valence-electron chi connectivity index (χ4n) is 2.53. The van der Waals surface area contributed by atoms with Crippen LogP contribution in [0.25, 0.3) is 0 Å². The molecule has 126 valence electrons. The Morgan fingerprint density at radius 3 is 1.62 bits per heavy atom. The third-order valence-electron chi connectivity index (χ3n) is 3.25. The standard InChI is InChI=1S/C13H29F2O2PSSi2/c1-20(2,3)16-18(19,17-21(4,5)6)13(14,15)12-10-8-7-9-11-12/h12H,7-11H2,1-6H3. The van der Waals surface area contributed by atoms with Gasteiger partial charge in [-0.2, -0.15) is 8.78 Å². The Morgan fingerprint density at radius 2 is 1.29 bits per heavy atom. The van der Waals surface area contributed by atoms with Gasteiger partial charge in [-0.25, -0.2) is 0 Å². The largest absolute Gasteiger partial charge is 0.368 e. The van der Waals surface area contributed by atoms with Crippen LogP contribution in [0.1, 0.15) is 32.1 Å². The number of hydrogen-bond acceptors (Lipinski definition) is 3. The molecule has 0 aromatic rings. The molecule has 0 unspecified atom stereocenters. The Bertz CT molecular complexity index is 382. The minimum absolute atomic E-state index is 0.537. The number of rotatable bonds is 6. The molecule has 1 saturated carbocycles. The van der Waals surface area contributed by atoms with E-state index >= 15 is 8.78 Å². The van der Waals surface area contributed by atoms with Crippen molar-refractivity contribution < 1.29 is 17.2 Å². The van der Waals surface area contributed by atoms with Gasteiger partial charge in [0.15, 0.2) is 16.6 Å². The van der Waals surface area contributed by atoms with Crippen molar-refractivity contribution in [3.63, 3.8) is 0 Å². The fraction of sp³-hybridized carbons (Fsp3) is 1.00. The molecule has 0 aliphatic heterocycles. The molecule has 0 amide bonds. The summed E-state index contributed by atoms with van der Waals surface area (Å²) in [6.45, 7) is 7.80. The highest BCUT2D eigenvalue weighted by Crippen LogP contribution is 2.69. The van der Waals surface area contributed by atoms with Crippen molar-refractivity contribution in [2.45, 2.75) is 77.0 Å². The minimum Gasteiger partial charge on any atom is -0.368 e. The van der Waals surface area contributed by atoms with Crippen LogP contribution in [-0.4, -0.2) is 22.3 Å². The molecule has 1 aliphatic carbocycles. The van der Waals surface area contributed by atoms with Gasteiger partial charge in [-0.1, -0.05) is 19.3 Å². The average molecular weight is 375 g/mol. The molecule has 21 heavy (non-hydrogen) atoms. The molecule has 1 rings (SSSR count). The van der Waals surface area contributed by atoms with Crippen molar-refractivity contribution in [3.05, 3.63) is 0 Å². The second-order valence-electron chi connectivity index (χ2n) is 7.83. The highest BCUT2D eigenvalue weighted by Gasteiger charge is 2.56. The van der Waals surface area contributed by atoms with Crippen molar-refractivity contribution >= 4 is 34.9 Å². The molecule has 0 aromatic carbocycles. The molecule has 0 saturated heterocycles. The lowest BCUT2D eigenvalue weighted by Gasteiger charge is -2.42. The van der Waals surface area contributed by atoms with E-state index in [0.717, 1.165) is 19.3 Å². The third kappa shape index (κ3) is 5.77. The van der Waals surface area contributed by atoms with Gasteiger partial charge in [0.1, 0.15) is 0 Å². The summed E-state index contributed by atoms with van der Waals surface area (Å²) in [6, 6.07) is 0. The molecule has 0 bridgehead atoms. The predicted octanol–water partition coefficient (Wildman–Crippen LogP) is 6.17. The first kappa shape index (κ1) is 19.9. The first-order valence-electron chi connectivity index (χ1n) is 7.66. The van der Waals surface area contributed by atoms with Crippen LogP contribution in [0, 0.1) is 5.92 Å². The molecule has 0 aromatic heterocycles. The number of hydrogen-bond donors (Lipinski definition) is 0. The average Bonchev–Trinajstić information content (AvgIpc) is 2.24. The quantitative estimate of drug-likeness (QED) is 0.409. The van der Waals surface area contributed by atoms with E-state index < -0.39 is 34.7 Å². The van der Waals surface area contributed by atoms with Gasteiger partial charge in [0.05, 0.1) is 0 Å². The van der Waals surface area contributed by atoms with E-state index in [1.165, 1.54) is 0 Å². The summed E-state index contributed by atoms with van der Waals surface area (Å²) in [5, 5.41) is 0. The first-order chi connectivity index (χ1) is 9.27. The van der Waals surface area contributed by atoms with Crippen LogP contribution in [0.15, 0.2) is 0 Å². The maximum atomic E-state index is 15.2. The summed E-state index contributed by atoms with van der Waals surface area (Å²) in [4.78, 5) is 0. The van der Waals surface area contributed by atoms with Crippen LogP contribution < -0.4 is 0 Å². The van der Waals surface area contributed by atoms with E-state index in [4.69, 9.17) is 20.2 Å². The summed E-state index contributed by atoms with van der Waals surface area (Å²) < 4.78 is 42.0. The van der Waals surface area contributed by atoms with E-state index in [2.05, 4.69) is 0 Å². The normalized spacial score (nSPS) is 19.8. The van der Waals surface area contributed by atoms with Crippen LogP contribution in [0.2, 0.25) is 39.3 Å². The van der Waals surface area contributed by atoms with Gasteiger partial charge >= 0.3 is 5.66 Å². The molecule has 0 atom stereocenters. The summed E-state index contributed by atoms with van der Waals surface area (Å²) >= 11 is 5.40. The molecule has 0 radical (unpaired) electrons. The molecule has 0 spiro atoms. The van der Waals surface area contributed by atoms with E-state index in [1.54, 1.807) is 0 Å². The predicted molar refractivity (Wildman–Crippen MR) is 94.7 cm³/mol. The monoisotopic (exact) mass is 374 g/mol. The molecule has 0 N–H and O–H groups in total. The first-order valence-corrected chi connectivity index (χ1v) is 17.1. The summed E-state index contributed by atoms with van der Waals surface area (Å²) in [5.41, 5.74) is -3.01. The highest BCUT2D eigenvalue weighted by molar-refractivity contribution is 8.11. The Hall–Kier alpha value is 0.864. The minimum atomic E-state index is -3.61. The lowest BCUT2D eigenvalue weighted by Crippen LogP contribution is -2.39. The topological polar surface area (TPSA) is 18.5 Å². The second-order valence-corrected chi connectivity index (χ2v) is 20.8. The molecule has 8 heteroatoms. The van der Waals surface area contributed by atoms with Crippen molar-refractivity contribution in [2.75, 3.05) is 0 Å². The zero-order chi connectivity index (χ0) is 16.5. The Morgan fingerprint density at radius 1 is 0.905 bits per heavy atom.